The molecule has 0 aliphatic rings. The van der Waals surface area contributed by atoms with Gasteiger partial charge in [-0.1, -0.05) is 6.92 Å². The highest BCUT2D eigenvalue weighted by atomic mass is 16.6. The van der Waals surface area contributed by atoms with Gasteiger partial charge in [0.15, 0.2) is 0 Å². The largest absolute Gasteiger partial charge is 0.455 e. The Balaban J connectivity index is 2.20. The van der Waals surface area contributed by atoms with Gasteiger partial charge in [0, 0.05) is 17.8 Å². The van der Waals surface area contributed by atoms with E-state index in [9.17, 15) is 10.1 Å². The lowest BCUT2D eigenvalue weighted by molar-refractivity contribution is -0.384. The van der Waals surface area contributed by atoms with E-state index in [0.717, 1.165) is 12.1 Å². The van der Waals surface area contributed by atoms with E-state index in [1.54, 1.807) is 19.2 Å². The Labute approximate surface area is 111 Å². The van der Waals surface area contributed by atoms with Crippen molar-refractivity contribution in [2.45, 2.75) is 20.3 Å². The van der Waals surface area contributed by atoms with Crippen LogP contribution in [-0.4, -0.2) is 9.91 Å². The van der Waals surface area contributed by atoms with Crippen LogP contribution in [0.4, 0.5) is 5.69 Å². The van der Waals surface area contributed by atoms with Crippen LogP contribution in [0.15, 0.2) is 36.5 Å². The molecule has 0 N–H and O–H groups in total. The molecule has 0 saturated carbocycles. The summed E-state index contributed by atoms with van der Waals surface area (Å²) in [5, 5.41) is 10.6. The smallest absolute Gasteiger partial charge is 0.269 e. The number of benzene rings is 1. The number of non-ortho nitro benzene ring substituents is 1. The van der Waals surface area contributed by atoms with Gasteiger partial charge in [-0.15, -0.1) is 0 Å². The summed E-state index contributed by atoms with van der Waals surface area (Å²) in [6, 6.07) is 8.25. The maximum atomic E-state index is 10.6. The minimum atomic E-state index is -0.422. The monoisotopic (exact) mass is 258 g/mol. The molecule has 0 spiro atoms. The van der Waals surface area contributed by atoms with Gasteiger partial charge in [-0.25, -0.2) is 0 Å². The Hall–Kier alpha value is -2.43. The zero-order chi connectivity index (χ0) is 13.8. The number of aryl methyl sites for hydroxylation is 2. The first-order valence-electron chi connectivity index (χ1n) is 5.98. The summed E-state index contributed by atoms with van der Waals surface area (Å²) in [6.07, 6.45) is 2.52. The normalized spacial score (nSPS) is 10.2. The van der Waals surface area contributed by atoms with Gasteiger partial charge in [0.2, 0.25) is 0 Å². The van der Waals surface area contributed by atoms with Crippen molar-refractivity contribution in [2.75, 3.05) is 0 Å². The van der Waals surface area contributed by atoms with Crippen LogP contribution in [0, 0.1) is 17.0 Å². The minimum absolute atomic E-state index is 0.0595. The maximum absolute atomic E-state index is 10.6. The first-order valence-corrected chi connectivity index (χ1v) is 5.98. The maximum Gasteiger partial charge on any atom is 0.269 e. The third-order valence-electron chi connectivity index (χ3n) is 2.76. The van der Waals surface area contributed by atoms with Crippen LogP contribution >= 0.6 is 0 Å². The number of nitro benzene ring substituents is 1. The second-order valence-electron chi connectivity index (χ2n) is 4.15. The van der Waals surface area contributed by atoms with E-state index in [4.69, 9.17) is 4.74 Å². The first kappa shape index (κ1) is 13.0. The van der Waals surface area contributed by atoms with Crippen molar-refractivity contribution in [3.05, 3.63) is 57.9 Å². The lowest BCUT2D eigenvalue weighted by Crippen LogP contribution is -1.93. The molecular formula is C14H14N2O3. The fourth-order valence-electron chi connectivity index (χ4n) is 1.67. The highest BCUT2D eigenvalue weighted by Crippen LogP contribution is 2.27. The van der Waals surface area contributed by atoms with Crippen molar-refractivity contribution < 1.29 is 9.66 Å². The van der Waals surface area contributed by atoms with Crippen LogP contribution in [0.2, 0.25) is 0 Å². The lowest BCUT2D eigenvalue weighted by atomic mass is 10.2. The van der Waals surface area contributed by atoms with Gasteiger partial charge in [-0.3, -0.25) is 15.1 Å². The zero-order valence-electron chi connectivity index (χ0n) is 10.8. The summed E-state index contributed by atoms with van der Waals surface area (Å²) < 4.78 is 5.66. The molecule has 19 heavy (non-hydrogen) atoms. The molecule has 5 nitrogen and oxygen atoms in total. The molecule has 0 aliphatic heterocycles. The van der Waals surface area contributed by atoms with Crippen molar-refractivity contribution in [1.29, 1.82) is 0 Å². The van der Waals surface area contributed by atoms with E-state index in [1.807, 2.05) is 19.1 Å². The molecule has 1 aromatic carbocycles. The number of hydrogen-bond acceptors (Lipinski definition) is 4. The summed E-state index contributed by atoms with van der Waals surface area (Å²) >= 11 is 0. The van der Waals surface area contributed by atoms with Crippen LogP contribution < -0.4 is 4.74 Å². The van der Waals surface area contributed by atoms with Gasteiger partial charge in [-0.2, -0.15) is 0 Å². The van der Waals surface area contributed by atoms with Crippen LogP contribution in [0.25, 0.3) is 0 Å². The molecule has 1 heterocycles. The number of pyridine rings is 1. The number of rotatable bonds is 4. The summed E-state index contributed by atoms with van der Waals surface area (Å²) in [4.78, 5) is 14.5. The molecule has 2 rings (SSSR count). The van der Waals surface area contributed by atoms with E-state index in [-0.39, 0.29) is 5.69 Å². The second kappa shape index (κ2) is 5.48. The van der Waals surface area contributed by atoms with Crippen molar-refractivity contribution >= 4 is 5.69 Å². The lowest BCUT2D eigenvalue weighted by Gasteiger charge is -2.08. The third kappa shape index (κ3) is 3.07. The van der Waals surface area contributed by atoms with Crippen molar-refractivity contribution in [1.82, 2.24) is 4.98 Å². The highest BCUT2D eigenvalue weighted by molar-refractivity contribution is 5.44. The average Bonchev–Trinajstić information content (AvgIpc) is 2.41. The zero-order valence-corrected chi connectivity index (χ0v) is 10.8. The molecule has 0 amide bonds. The van der Waals surface area contributed by atoms with Gasteiger partial charge in [0.1, 0.15) is 11.5 Å². The molecule has 0 atom stereocenters. The number of ether oxygens (including phenoxy) is 1. The number of hydrogen-bond donors (Lipinski definition) is 0. The van der Waals surface area contributed by atoms with Gasteiger partial charge in [0.05, 0.1) is 11.1 Å². The van der Waals surface area contributed by atoms with Gasteiger partial charge in [-0.05, 0) is 37.1 Å². The van der Waals surface area contributed by atoms with Crippen molar-refractivity contribution in [2.24, 2.45) is 0 Å². The highest BCUT2D eigenvalue weighted by Gasteiger charge is 2.09. The fourth-order valence-corrected chi connectivity index (χ4v) is 1.67. The standard InChI is InChI=1S/C14H14N2O3/c1-3-11-4-6-13(9-15-11)19-14-7-5-12(16(17)18)8-10(14)2/h4-9H,3H2,1-2H3. The Morgan fingerprint density at radius 3 is 2.63 bits per heavy atom. The third-order valence-corrected chi connectivity index (χ3v) is 2.76. The molecule has 0 aliphatic carbocycles. The summed E-state index contributed by atoms with van der Waals surface area (Å²) in [7, 11) is 0. The summed E-state index contributed by atoms with van der Waals surface area (Å²) in [5.41, 5.74) is 1.77. The number of nitrogens with zero attached hydrogens (tertiary/aromatic N) is 2. The minimum Gasteiger partial charge on any atom is -0.455 e. The molecule has 0 saturated heterocycles. The molecule has 0 radical (unpaired) electrons. The summed E-state index contributed by atoms with van der Waals surface area (Å²) in [5.74, 6) is 1.21. The van der Waals surface area contributed by atoms with E-state index >= 15 is 0 Å². The molecule has 5 heteroatoms. The van der Waals surface area contributed by atoms with Gasteiger partial charge >= 0.3 is 0 Å². The average molecular weight is 258 g/mol. The SMILES string of the molecule is CCc1ccc(Oc2ccc([N+](=O)[O-])cc2C)cn1. The van der Waals surface area contributed by atoms with E-state index in [0.29, 0.717) is 17.1 Å². The van der Waals surface area contributed by atoms with Crippen LogP contribution in [-0.2, 0) is 6.42 Å². The summed E-state index contributed by atoms with van der Waals surface area (Å²) in [6.45, 7) is 3.81. The first-order chi connectivity index (χ1) is 9.10. The van der Waals surface area contributed by atoms with Crippen LogP contribution in [0.3, 0.4) is 0 Å². The second-order valence-corrected chi connectivity index (χ2v) is 4.15. The van der Waals surface area contributed by atoms with E-state index in [2.05, 4.69) is 4.98 Å². The predicted molar refractivity (Wildman–Crippen MR) is 71.5 cm³/mol. The van der Waals surface area contributed by atoms with Gasteiger partial charge in [0.25, 0.3) is 5.69 Å². The molecule has 0 unspecified atom stereocenters. The van der Waals surface area contributed by atoms with Crippen molar-refractivity contribution in [3.63, 3.8) is 0 Å². The molecular weight excluding hydrogens is 244 g/mol. The number of aromatic nitrogens is 1. The Morgan fingerprint density at radius 2 is 2.11 bits per heavy atom. The Morgan fingerprint density at radius 1 is 1.32 bits per heavy atom. The van der Waals surface area contributed by atoms with Crippen molar-refractivity contribution in [3.8, 4) is 11.5 Å². The molecule has 0 fully saturated rings. The number of nitro groups is 1. The topological polar surface area (TPSA) is 65.3 Å². The molecule has 2 aromatic rings. The Kier molecular flexibility index (Phi) is 3.75. The quantitative estimate of drug-likeness (QED) is 0.620. The van der Waals surface area contributed by atoms with Gasteiger partial charge < -0.3 is 4.74 Å². The van der Waals surface area contributed by atoms with E-state index < -0.39 is 4.92 Å². The molecule has 98 valence electrons. The molecule has 0 bridgehead atoms. The Bertz CT molecular complexity index is 594. The molecule has 1 aromatic heterocycles. The van der Waals surface area contributed by atoms with E-state index in [1.165, 1.54) is 12.1 Å². The van der Waals surface area contributed by atoms with Crippen LogP contribution in [0.5, 0.6) is 11.5 Å². The fraction of sp³-hybridized carbons (Fsp3) is 0.214. The predicted octanol–water partition coefficient (Wildman–Crippen LogP) is 3.65. The van der Waals surface area contributed by atoms with Crippen LogP contribution in [0.1, 0.15) is 18.2 Å².